The second-order valence-electron chi connectivity index (χ2n) is 5.67. The first-order chi connectivity index (χ1) is 12.7. The van der Waals surface area contributed by atoms with E-state index in [0.717, 1.165) is 0 Å². The highest BCUT2D eigenvalue weighted by Gasteiger charge is 2.26. The summed E-state index contributed by atoms with van der Waals surface area (Å²) in [5, 5.41) is 0. The zero-order valence-electron chi connectivity index (χ0n) is 13.9. The van der Waals surface area contributed by atoms with Crippen molar-refractivity contribution in [3.8, 4) is 0 Å². The smallest absolute Gasteiger partial charge is 0.339 e. The Labute approximate surface area is 151 Å². The molecule has 0 aliphatic rings. The molecule has 0 amide bonds. The molecular weight excluding hydrogens is 328 g/mol. The largest absolute Gasteiger partial charge is 0.445 e. The highest BCUT2D eigenvalue weighted by molar-refractivity contribution is 6.02. The number of carbonyl (C=O) groups is 3. The van der Waals surface area contributed by atoms with Crippen molar-refractivity contribution >= 4 is 18.0 Å². The average molecular weight is 344 g/mol. The van der Waals surface area contributed by atoms with Crippen molar-refractivity contribution in [1.29, 1.82) is 0 Å². The molecule has 3 rings (SSSR count). The van der Waals surface area contributed by atoms with E-state index < -0.39 is 12.1 Å². The van der Waals surface area contributed by atoms with Crippen molar-refractivity contribution in [2.45, 2.75) is 6.10 Å². The Morgan fingerprint density at radius 1 is 0.731 bits per heavy atom. The molecule has 4 nitrogen and oxygen atoms in total. The van der Waals surface area contributed by atoms with E-state index in [2.05, 4.69) is 0 Å². The van der Waals surface area contributed by atoms with Gasteiger partial charge in [0.05, 0.1) is 5.56 Å². The fourth-order valence-corrected chi connectivity index (χ4v) is 2.53. The summed E-state index contributed by atoms with van der Waals surface area (Å²) in [6, 6.07) is 23.6. The van der Waals surface area contributed by atoms with E-state index >= 15 is 0 Å². The third kappa shape index (κ3) is 3.92. The number of carbonyl (C=O) groups excluding carboxylic acids is 3. The van der Waals surface area contributed by atoms with E-state index in [1.165, 1.54) is 24.3 Å². The summed E-state index contributed by atoms with van der Waals surface area (Å²) in [5.74, 6) is -0.921. The minimum Gasteiger partial charge on any atom is -0.445 e. The molecule has 0 heterocycles. The maximum Gasteiger partial charge on any atom is 0.339 e. The lowest BCUT2D eigenvalue weighted by Crippen LogP contribution is -2.20. The van der Waals surface area contributed by atoms with Gasteiger partial charge < -0.3 is 4.74 Å². The summed E-state index contributed by atoms with van der Waals surface area (Å²) in [6.45, 7) is 0. The van der Waals surface area contributed by atoms with Crippen LogP contribution in [0.4, 0.5) is 0 Å². The molecule has 0 radical (unpaired) electrons. The molecule has 0 aliphatic heterocycles. The highest BCUT2D eigenvalue weighted by Crippen LogP contribution is 2.24. The molecule has 0 fully saturated rings. The molecule has 1 atom stereocenters. The second kappa shape index (κ2) is 8.03. The Morgan fingerprint density at radius 3 is 1.88 bits per heavy atom. The lowest BCUT2D eigenvalue weighted by Gasteiger charge is -2.17. The van der Waals surface area contributed by atoms with Gasteiger partial charge >= 0.3 is 5.97 Å². The van der Waals surface area contributed by atoms with Crippen LogP contribution in [-0.2, 0) is 4.74 Å². The Balaban J connectivity index is 1.89. The maximum absolute atomic E-state index is 12.9. The van der Waals surface area contributed by atoms with Crippen LogP contribution in [0.25, 0.3) is 0 Å². The lowest BCUT2D eigenvalue weighted by molar-refractivity contribution is 0.0280. The monoisotopic (exact) mass is 344 g/mol. The zero-order chi connectivity index (χ0) is 18.4. The summed E-state index contributed by atoms with van der Waals surface area (Å²) in [4.78, 5) is 36.1. The van der Waals surface area contributed by atoms with E-state index in [4.69, 9.17) is 4.74 Å². The molecule has 26 heavy (non-hydrogen) atoms. The number of hydrogen-bond acceptors (Lipinski definition) is 4. The van der Waals surface area contributed by atoms with Crippen LogP contribution in [0.2, 0.25) is 0 Å². The van der Waals surface area contributed by atoms with E-state index in [-0.39, 0.29) is 11.3 Å². The molecule has 0 saturated carbocycles. The van der Waals surface area contributed by atoms with Crippen LogP contribution in [0.3, 0.4) is 0 Å². The standard InChI is InChI=1S/C22H16O4/c23-15-16-11-13-19(14-12-16)22(25)26-21(18-9-5-2-6-10-18)20(24)17-7-3-1-4-8-17/h1-15,21H/t21-/m1/s1. The van der Waals surface area contributed by atoms with Gasteiger partial charge in [-0.05, 0) is 12.1 Å². The molecule has 3 aromatic carbocycles. The predicted octanol–water partition coefficient (Wildman–Crippen LogP) is 4.28. The Morgan fingerprint density at radius 2 is 1.31 bits per heavy atom. The molecule has 0 saturated heterocycles. The molecule has 0 aromatic heterocycles. The summed E-state index contributed by atoms with van der Waals surface area (Å²) in [6.07, 6.45) is -0.349. The predicted molar refractivity (Wildman–Crippen MR) is 97.2 cm³/mol. The van der Waals surface area contributed by atoms with Gasteiger partial charge in [-0.2, -0.15) is 0 Å². The van der Waals surface area contributed by atoms with Crippen molar-refractivity contribution in [1.82, 2.24) is 0 Å². The third-order valence-corrected chi connectivity index (χ3v) is 3.91. The Bertz CT molecular complexity index is 900. The summed E-state index contributed by atoms with van der Waals surface area (Å²) < 4.78 is 5.54. The first-order valence-corrected chi connectivity index (χ1v) is 8.09. The molecule has 0 spiro atoms. The van der Waals surface area contributed by atoms with E-state index in [0.29, 0.717) is 23.0 Å². The number of aldehydes is 1. The normalized spacial score (nSPS) is 11.4. The molecule has 128 valence electrons. The molecule has 0 N–H and O–H groups in total. The van der Waals surface area contributed by atoms with Crippen LogP contribution in [0.5, 0.6) is 0 Å². The number of hydrogen-bond donors (Lipinski definition) is 0. The average Bonchev–Trinajstić information content (AvgIpc) is 2.72. The first kappa shape index (κ1) is 17.3. The SMILES string of the molecule is O=Cc1ccc(C(=O)O[C@@H](C(=O)c2ccccc2)c2ccccc2)cc1. The van der Waals surface area contributed by atoms with Gasteiger partial charge in [0.2, 0.25) is 5.78 Å². The Kier molecular flexibility index (Phi) is 5.34. The highest BCUT2D eigenvalue weighted by atomic mass is 16.5. The Hall–Kier alpha value is -3.53. The molecular formula is C22H16O4. The minimum atomic E-state index is -1.04. The first-order valence-electron chi connectivity index (χ1n) is 8.09. The van der Waals surface area contributed by atoms with Crippen LogP contribution in [0, 0.1) is 0 Å². The van der Waals surface area contributed by atoms with Gasteiger partial charge in [-0.25, -0.2) is 4.79 Å². The lowest BCUT2D eigenvalue weighted by atomic mass is 9.99. The summed E-state index contributed by atoms with van der Waals surface area (Å²) >= 11 is 0. The van der Waals surface area contributed by atoms with Crippen molar-refractivity contribution in [2.24, 2.45) is 0 Å². The van der Waals surface area contributed by atoms with E-state index in [1.807, 2.05) is 12.1 Å². The van der Waals surface area contributed by atoms with Crippen LogP contribution in [-0.4, -0.2) is 18.0 Å². The topological polar surface area (TPSA) is 60.4 Å². The number of rotatable bonds is 6. The molecule has 0 aliphatic carbocycles. The number of benzene rings is 3. The number of esters is 1. The third-order valence-electron chi connectivity index (χ3n) is 3.91. The van der Waals surface area contributed by atoms with Gasteiger partial charge in [0.15, 0.2) is 6.10 Å². The number of ketones is 1. The van der Waals surface area contributed by atoms with E-state index in [9.17, 15) is 14.4 Å². The van der Waals surface area contributed by atoms with Crippen molar-refractivity contribution in [2.75, 3.05) is 0 Å². The van der Waals surface area contributed by atoms with Crippen molar-refractivity contribution in [3.05, 3.63) is 107 Å². The van der Waals surface area contributed by atoms with Gasteiger partial charge in [-0.15, -0.1) is 0 Å². The maximum atomic E-state index is 12.9. The van der Waals surface area contributed by atoms with Gasteiger partial charge in [0.1, 0.15) is 6.29 Å². The van der Waals surface area contributed by atoms with Crippen LogP contribution >= 0.6 is 0 Å². The minimum absolute atomic E-state index is 0.275. The fraction of sp³-hybridized carbons (Fsp3) is 0.0455. The molecule has 0 bridgehead atoms. The quantitative estimate of drug-likeness (QED) is 0.380. The van der Waals surface area contributed by atoms with Gasteiger partial charge in [0, 0.05) is 16.7 Å². The van der Waals surface area contributed by atoms with Crippen LogP contribution < -0.4 is 0 Å². The number of Topliss-reactive ketones (excluding diaryl/α,β-unsaturated/α-hetero) is 1. The fourth-order valence-electron chi connectivity index (χ4n) is 2.53. The molecule has 4 heteroatoms. The van der Waals surface area contributed by atoms with Gasteiger partial charge in [-0.1, -0.05) is 72.8 Å². The molecule has 0 unspecified atom stereocenters. The summed E-state index contributed by atoms with van der Waals surface area (Å²) in [7, 11) is 0. The second-order valence-corrected chi connectivity index (χ2v) is 5.67. The number of ether oxygens (including phenoxy) is 1. The molecule has 3 aromatic rings. The van der Waals surface area contributed by atoms with Crippen LogP contribution in [0.15, 0.2) is 84.9 Å². The van der Waals surface area contributed by atoms with Gasteiger partial charge in [0.25, 0.3) is 0 Å². The van der Waals surface area contributed by atoms with Crippen molar-refractivity contribution in [3.63, 3.8) is 0 Å². The van der Waals surface area contributed by atoms with Gasteiger partial charge in [-0.3, -0.25) is 9.59 Å². The van der Waals surface area contributed by atoms with E-state index in [1.54, 1.807) is 48.5 Å². The van der Waals surface area contributed by atoms with Crippen LogP contribution in [0.1, 0.15) is 42.7 Å². The summed E-state index contributed by atoms with van der Waals surface area (Å²) in [5.41, 5.74) is 1.79. The zero-order valence-corrected chi connectivity index (χ0v) is 13.9. The van der Waals surface area contributed by atoms with Crippen molar-refractivity contribution < 1.29 is 19.1 Å².